The summed E-state index contributed by atoms with van der Waals surface area (Å²) >= 11 is 0. The van der Waals surface area contributed by atoms with E-state index in [0.29, 0.717) is 47.3 Å². The van der Waals surface area contributed by atoms with Crippen molar-refractivity contribution in [2.75, 3.05) is 23.7 Å². The first-order valence-corrected chi connectivity index (χ1v) is 17.8. The topological polar surface area (TPSA) is 144 Å². The average Bonchev–Trinajstić information content (AvgIpc) is 3.97. The smallest absolute Gasteiger partial charge is 0.256 e. The monoisotopic (exact) mass is 618 g/mol. The normalized spacial score (nSPS) is 22.6. The van der Waals surface area contributed by atoms with Gasteiger partial charge < -0.3 is 16.0 Å². The van der Waals surface area contributed by atoms with Gasteiger partial charge in [0.05, 0.1) is 34.5 Å². The predicted molar refractivity (Wildman–Crippen MR) is 169 cm³/mol. The van der Waals surface area contributed by atoms with Crippen molar-refractivity contribution in [1.82, 2.24) is 29.5 Å². The van der Waals surface area contributed by atoms with E-state index in [9.17, 15) is 13.2 Å². The number of hydrogen-bond acceptors (Lipinski definition) is 10. The van der Waals surface area contributed by atoms with Crippen molar-refractivity contribution in [1.29, 1.82) is 0 Å². The van der Waals surface area contributed by atoms with Crippen LogP contribution >= 0.6 is 0 Å². The van der Waals surface area contributed by atoms with Gasteiger partial charge in [0.25, 0.3) is 10.0 Å². The van der Waals surface area contributed by atoms with Crippen LogP contribution in [0.1, 0.15) is 87.4 Å². The molecule has 3 aromatic rings. The highest BCUT2D eigenvalue weighted by molar-refractivity contribution is 7.90. The van der Waals surface area contributed by atoms with Crippen LogP contribution < -0.4 is 16.0 Å². The SMILES string of the molecule is O=C(c1cnc(Nc2ccnc(-c3cnn(S(=O)(=O)C4CC4)c3)n2)cc1NCC1CCC(CNC2CCCC2)CC1)C1CC1. The van der Waals surface area contributed by atoms with E-state index < -0.39 is 10.0 Å². The molecule has 234 valence electrons. The van der Waals surface area contributed by atoms with Crippen LogP contribution in [0.5, 0.6) is 0 Å². The molecule has 0 aliphatic heterocycles. The molecule has 4 aliphatic carbocycles. The second kappa shape index (κ2) is 12.5. The lowest BCUT2D eigenvalue weighted by Crippen LogP contribution is -2.33. The summed E-state index contributed by atoms with van der Waals surface area (Å²) in [6.07, 6.45) is 19.8. The second-order valence-corrected chi connectivity index (χ2v) is 15.2. The van der Waals surface area contributed by atoms with E-state index in [0.717, 1.165) is 47.7 Å². The number of carbonyl (C=O) groups excluding carboxylic acids is 1. The third-order valence-corrected chi connectivity index (χ3v) is 11.7. The summed E-state index contributed by atoms with van der Waals surface area (Å²) in [6.45, 7) is 1.99. The molecule has 3 aromatic heterocycles. The fraction of sp³-hybridized carbons (Fsp3) is 0.594. The zero-order valence-electron chi connectivity index (χ0n) is 25.1. The summed E-state index contributed by atoms with van der Waals surface area (Å²) in [5, 5.41) is 14.4. The second-order valence-electron chi connectivity index (χ2n) is 13.1. The number of carbonyl (C=O) groups is 1. The molecule has 0 atom stereocenters. The van der Waals surface area contributed by atoms with Gasteiger partial charge in [0.2, 0.25) is 0 Å². The number of nitrogens with one attached hydrogen (secondary N) is 3. The molecule has 4 fully saturated rings. The quantitative estimate of drug-likeness (QED) is 0.220. The number of hydrogen-bond donors (Lipinski definition) is 3. The Morgan fingerprint density at radius 2 is 1.64 bits per heavy atom. The molecule has 0 amide bonds. The number of rotatable bonds is 13. The van der Waals surface area contributed by atoms with Crippen LogP contribution in [0, 0.1) is 17.8 Å². The summed E-state index contributed by atoms with van der Waals surface area (Å²) in [4.78, 5) is 26.6. The predicted octanol–water partition coefficient (Wildman–Crippen LogP) is 5.16. The van der Waals surface area contributed by atoms with Crippen LogP contribution in [0.3, 0.4) is 0 Å². The van der Waals surface area contributed by atoms with Crippen molar-refractivity contribution in [2.45, 2.75) is 88.3 Å². The zero-order valence-corrected chi connectivity index (χ0v) is 25.9. The summed E-state index contributed by atoms with van der Waals surface area (Å²) in [7, 11) is -3.47. The van der Waals surface area contributed by atoms with Crippen LogP contribution in [-0.4, -0.2) is 62.7 Å². The summed E-state index contributed by atoms with van der Waals surface area (Å²) in [5.74, 6) is 3.06. The van der Waals surface area contributed by atoms with E-state index in [2.05, 4.69) is 36.0 Å². The number of nitrogens with zero attached hydrogens (tertiary/aromatic N) is 5. The van der Waals surface area contributed by atoms with E-state index in [4.69, 9.17) is 0 Å². The fourth-order valence-electron chi connectivity index (χ4n) is 6.57. The van der Waals surface area contributed by atoms with Crippen LogP contribution in [0.15, 0.2) is 36.9 Å². The Balaban J connectivity index is 1.00. The van der Waals surface area contributed by atoms with Crippen molar-refractivity contribution in [3.63, 3.8) is 0 Å². The zero-order chi connectivity index (χ0) is 30.1. The van der Waals surface area contributed by atoms with Gasteiger partial charge in [0.15, 0.2) is 11.6 Å². The van der Waals surface area contributed by atoms with Crippen molar-refractivity contribution in [3.05, 3.63) is 42.5 Å². The van der Waals surface area contributed by atoms with Gasteiger partial charge in [-0.3, -0.25) is 4.79 Å². The maximum atomic E-state index is 13.1. The van der Waals surface area contributed by atoms with E-state index >= 15 is 0 Å². The van der Waals surface area contributed by atoms with Gasteiger partial charge in [-0.2, -0.15) is 9.19 Å². The lowest BCUT2D eigenvalue weighted by Gasteiger charge is -2.30. The molecule has 4 aliphatic rings. The molecule has 3 heterocycles. The molecule has 0 radical (unpaired) electrons. The highest BCUT2D eigenvalue weighted by atomic mass is 32.2. The molecule has 0 aromatic carbocycles. The number of aromatic nitrogens is 5. The molecule has 12 heteroatoms. The first-order chi connectivity index (χ1) is 21.4. The summed E-state index contributed by atoms with van der Waals surface area (Å²) < 4.78 is 26.1. The van der Waals surface area contributed by atoms with Gasteiger partial charge in [-0.15, -0.1) is 0 Å². The lowest BCUT2D eigenvalue weighted by atomic mass is 9.82. The van der Waals surface area contributed by atoms with E-state index in [-0.39, 0.29) is 17.0 Å². The van der Waals surface area contributed by atoms with Gasteiger partial charge in [-0.25, -0.2) is 23.4 Å². The third kappa shape index (κ3) is 6.81. The molecule has 44 heavy (non-hydrogen) atoms. The minimum atomic E-state index is -3.47. The number of ketones is 1. The van der Waals surface area contributed by atoms with Crippen molar-refractivity contribution >= 4 is 33.1 Å². The van der Waals surface area contributed by atoms with Crippen molar-refractivity contribution < 1.29 is 13.2 Å². The molecule has 11 nitrogen and oxygen atoms in total. The summed E-state index contributed by atoms with van der Waals surface area (Å²) in [6, 6.07) is 4.36. The minimum absolute atomic E-state index is 0.105. The Morgan fingerprint density at radius 1 is 0.886 bits per heavy atom. The van der Waals surface area contributed by atoms with Crippen LogP contribution in [-0.2, 0) is 10.0 Å². The van der Waals surface area contributed by atoms with Crippen molar-refractivity contribution in [3.8, 4) is 11.4 Å². The Bertz CT molecular complexity index is 1590. The van der Waals surface area contributed by atoms with Gasteiger partial charge in [0, 0.05) is 37.0 Å². The minimum Gasteiger partial charge on any atom is -0.384 e. The van der Waals surface area contributed by atoms with E-state index in [1.54, 1.807) is 18.5 Å². The van der Waals surface area contributed by atoms with Gasteiger partial charge in [-0.1, -0.05) is 12.8 Å². The standard InChI is InChI=1S/C32H42N8O3S/c41-31(23-9-10-23)27-19-36-30(15-28(27)35-17-22-7-5-21(6-8-22)16-34-25-3-1-2-4-25)38-29-13-14-33-32(39-29)24-18-37-40(20-24)44(42,43)26-11-12-26/h13-15,18-23,25-26,34H,1-12,16-17H2,(H2,33,35,36,38,39). The van der Waals surface area contributed by atoms with Gasteiger partial charge >= 0.3 is 0 Å². The fourth-order valence-corrected chi connectivity index (χ4v) is 8.04. The van der Waals surface area contributed by atoms with E-state index in [1.165, 1.54) is 63.8 Å². The molecule has 3 N–H and O–H groups in total. The average molecular weight is 619 g/mol. The molecular weight excluding hydrogens is 576 g/mol. The largest absolute Gasteiger partial charge is 0.384 e. The van der Waals surface area contributed by atoms with Crippen molar-refractivity contribution in [2.24, 2.45) is 17.8 Å². The summed E-state index contributed by atoms with van der Waals surface area (Å²) in [5.41, 5.74) is 1.98. The number of Topliss-reactive ketones (excluding diaryl/α,β-unsaturated/α-hetero) is 1. The molecule has 4 saturated carbocycles. The Hall–Kier alpha value is -3.38. The first kappa shape index (κ1) is 29.3. The van der Waals surface area contributed by atoms with Gasteiger partial charge in [0.1, 0.15) is 11.6 Å². The molecule has 0 saturated heterocycles. The number of pyridine rings is 1. The molecule has 0 bridgehead atoms. The molecule has 0 unspecified atom stereocenters. The third-order valence-electron chi connectivity index (χ3n) is 9.65. The molecular formula is C32H42N8O3S. The molecule has 7 rings (SSSR count). The van der Waals surface area contributed by atoms with Crippen LogP contribution in [0.4, 0.5) is 17.3 Å². The van der Waals surface area contributed by atoms with Gasteiger partial charge in [-0.05, 0) is 88.7 Å². The maximum Gasteiger partial charge on any atom is 0.256 e. The first-order valence-electron chi connectivity index (χ1n) is 16.3. The van der Waals surface area contributed by atoms with E-state index in [1.807, 2.05) is 6.07 Å². The highest BCUT2D eigenvalue weighted by Gasteiger charge is 2.38. The van der Waals surface area contributed by atoms with Crippen LogP contribution in [0.2, 0.25) is 0 Å². The molecule has 0 spiro atoms. The Morgan fingerprint density at radius 3 is 2.36 bits per heavy atom. The number of anilines is 3. The Kier molecular flexibility index (Phi) is 8.37. The Labute approximate surface area is 259 Å². The maximum absolute atomic E-state index is 13.1. The lowest BCUT2D eigenvalue weighted by molar-refractivity contribution is 0.0968. The highest BCUT2D eigenvalue weighted by Crippen LogP contribution is 2.36. The van der Waals surface area contributed by atoms with Crippen LogP contribution in [0.25, 0.3) is 11.4 Å².